The summed E-state index contributed by atoms with van der Waals surface area (Å²) in [6.45, 7) is 5.43. The molecule has 6 nitrogen and oxygen atoms in total. The molecule has 162 valence electrons. The Labute approximate surface area is 176 Å². The van der Waals surface area contributed by atoms with Crippen molar-refractivity contribution in [2.24, 2.45) is 4.99 Å². The molecule has 1 heterocycles. The van der Waals surface area contributed by atoms with E-state index in [4.69, 9.17) is 0 Å². The third-order valence-corrected chi connectivity index (χ3v) is 6.05. The number of halogens is 2. The number of guanidine groups is 1. The van der Waals surface area contributed by atoms with E-state index >= 15 is 0 Å². The van der Waals surface area contributed by atoms with E-state index < -0.39 is 21.5 Å². The molecule has 0 atom stereocenters. The van der Waals surface area contributed by atoms with Gasteiger partial charge in [0.05, 0.1) is 17.1 Å². The third-order valence-electron chi connectivity index (χ3n) is 4.93. The smallest absolute Gasteiger partial charge is 0.194 e. The van der Waals surface area contributed by atoms with Crippen LogP contribution < -0.4 is 10.2 Å². The topological polar surface area (TPSA) is 65.0 Å². The maximum absolute atomic E-state index is 14.0. The summed E-state index contributed by atoms with van der Waals surface area (Å²) in [4.78, 5) is 8.86. The van der Waals surface area contributed by atoms with Crippen LogP contribution in [0, 0.1) is 11.6 Å². The predicted octanol–water partition coefficient (Wildman–Crippen LogP) is 2.66. The SMILES string of the molecule is CCNC(=NCc1ccc(S(C)(=O)=O)cc1)N1CCN(c2cc(F)ccc2F)CC1. The minimum Gasteiger partial charge on any atom is -0.366 e. The standard InChI is InChI=1S/C21H26F2N4O2S/c1-3-24-21(25-15-16-4-7-18(8-5-16)30(2,28)29)27-12-10-26(11-13-27)20-14-17(22)6-9-19(20)23/h4-9,14H,3,10-13,15H2,1-2H3,(H,24,25). The molecule has 1 saturated heterocycles. The average Bonchev–Trinajstić information content (AvgIpc) is 2.73. The second-order valence-electron chi connectivity index (χ2n) is 7.16. The highest BCUT2D eigenvalue weighted by Crippen LogP contribution is 2.22. The lowest BCUT2D eigenvalue weighted by Crippen LogP contribution is -2.52. The normalized spacial score (nSPS) is 15.4. The molecule has 9 heteroatoms. The van der Waals surface area contributed by atoms with Gasteiger partial charge in [-0.3, -0.25) is 0 Å². The number of nitrogens with zero attached hydrogens (tertiary/aromatic N) is 3. The third kappa shape index (κ3) is 5.47. The molecule has 3 rings (SSSR count). The molecule has 0 aliphatic carbocycles. The Morgan fingerprint density at radius 3 is 2.33 bits per heavy atom. The molecule has 1 fully saturated rings. The van der Waals surface area contributed by atoms with Crippen LogP contribution in [0.2, 0.25) is 0 Å². The highest BCUT2D eigenvalue weighted by atomic mass is 32.2. The van der Waals surface area contributed by atoms with Crippen molar-refractivity contribution in [1.82, 2.24) is 10.2 Å². The summed E-state index contributed by atoms with van der Waals surface area (Å²) in [7, 11) is -3.22. The largest absolute Gasteiger partial charge is 0.366 e. The molecule has 0 unspecified atom stereocenters. The fourth-order valence-electron chi connectivity index (χ4n) is 3.32. The number of benzene rings is 2. The van der Waals surface area contributed by atoms with E-state index in [0.29, 0.717) is 39.3 Å². The molecular weight excluding hydrogens is 410 g/mol. The zero-order valence-electron chi connectivity index (χ0n) is 17.1. The first kappa shape index (κ1) is 22.0. The second kappa shape index (κ2) is 9.42. The number of anilines is 1. The predicted molar refractivity (Wildman–Crippen MR) is 115 cm³/mol. The van der Waals surface area contributed by atoms with Crippen LogP contribution in [0.1, 0.15) is 12.5 Å². The van der Waals surface area contributed by atoms with Crippen LogP contribution in [0.25, 0.3) is 0 Å². The maximum Gasteiger partial charge on any atom is 0.194 e. The van der Waals surface area contributed by atoms with Gasteiger partial charge in [-0.2, -0.15) is 0 Å². The van der Waals surface area contributed by atoms with E-state index in [9.17, 15) is 17.2 Å². The molecule has 2 aromatic rings. The number of rotatable bonds is 5. The van der Waals surface area contributed by atoms with Gasteiger partial charge < -0.3 is 15.1 Å². The number of aliphatic imine (C=N–C) groups is 1. The number of piperazine rings is 1. The molecule has 1 aliphatic heterocycles. The quantitative estimate of drug-likeness (QED) is 0.577. The van der Waals surface area contributed by atoms with Crippen molar-refractivity contribution in [3.05, 3.63) is 59.7 Å². The summed E-state index contributed by atoms with van der Waals surface area (Å²) >= 11 is 0. The van der Waals surface area contributed by atoms with Gasteiger partial charge in [-0.1, -0.05) is 12.1 Å². The molecule has 30 heavy (non-hydrogen) atoms. The summed E-state index contributed by atoms with van der Waals surface area (Å²) in [5.74, 6) is -0.141. The van der Waals surface area contributed by atoms with Crippen molar-refractivity contribution in [3.63, 3.8) is 0 Å². The minimum atomic E-state index is -3.22. The first-order valence-electron chi connectivity index (χ1n) is 9.80. The molecule has 0 aromatic heterocycles. The van der Waals surface area contributed by atoms with Crippen LogP contribution >= 0.6 is 0 Å². The molecule has 2 aromatic carbocycles. The van der Waals surface area contributed by atoms with Gasteiger partial charge in [0.25, 0.3) is 0 Å². The Kier molecular flexibility index (Phi) is 6.91. The number of hydrogen-bond donors (Lipinski definition) is 1. The van der Waals surface area contributed by atoms with Crippen LogP contribution in [0.15, 0.2) is 52.4 Å². The molecule has 0 radical (unpaired) electrons. The lowest BCUT2D eigenvalue weighted by atomic mass is 10.2. The molecule has 0 amide bonds. The van der Waals surface area contributed by atoms with E-state index in [1.54, 1.807) is 24.3 Å². The average molecular weight is 437 g/mol. The van der Waals surface area contributed by atoms with Gasteiger partial charge in [0.15, 0.2) is 15.8 Å². The molecule has 1 N–H and O–H groups in total. The van der Waals surface area contributed by atoms with Crippen LogP contribution in [-0.4, -0.2) is 58.3 Å². The van der Waals surface area contributed by atoms with Gasteiger partial charge >= 0.3 is 0 Å². The Bertz CT molecular complexity index is 1000. The van der Waals surface area contributed by atoms with Crippen LogP contribution in [0.4, 0.5) is 14.5 Å². The molecule has 0 spiro atoms. The monoisotopic (exact) mass is 436 g/mol. The fourth-order valence-corrected chi connectivity index (χ4v) is 3.95. The van der Waals surface area contributed by atoms with E-state index in [1.165, 1.54) is 12.3 Å². The van der Waals surface area contributed by atoms with Crippen molar-refractivity contribution < 1.29 is 17.2 Å². The van der Waals surface area contributed by atoms with Gasteiger partial charge in [-0.25, -0.2) is 22.2 Å². The van der Waals surface area contributed by atoms with E-state index in [0.717, 1.165) is 23.7 Å². The number of sulfone groups is 1. The summed E-state index contributed by atoms with van der Waals surface area (Å²) in [5, 5.41) is 3.26. The zero-order chi connectivity index (χ0) is 21.7. The van der Waals surface area contributed by atoms with Crippen molar-refractivity contribution >= 4 is 21.5 Å². The van der Waals surface area contributed by atoms with Crippen LogP contribution in [-0.2, 0) is 16.4 Å². The van der Waals surface area contributed by atoms with Crippen LogP contribution in [0.5, 0.6) is 0 Å². The van der Waals surface area contributed by atoms with Crippen molar-refractivity contribution in [2.45, 2.75) is 18.4 Å². The van der Waals surface area contributed by atoms with Gasteiger partial charge in [-0.15, -0.1) is 0 Å². The summed E-state index contributed by atoms with van der Waals surface area (Å²) in [6, 6.07) is 10.2. The van der Waals surface area contributed by atoms with Crippen molar-refractivity contribution in [2.75, 3.05) is 43.9 Å². The Morgan fingerprint density at radius 2 is 1.73 bits per heavy atom. The highest BCUT2D eigenvalue weighted by Gasteiger charge is 2.22. The minimum absolute atomic E-state index is 0.280. The van der Waals surface area contributed by atoms with Gasteiger partial charge in [0.2, 0.25) is 0 Å². The number of nitrogens with one attached hydrogen (secondary N) is 1. The number of hydrogen-bond acceptors (Lipinski definition) is 4. The Balaban J connectivity index is 1.66. The fraction of sp³-hybridized carbons (Fsp3) is 0.381. The first-order valence-corrected chi connectivity index (χ1v) is 11.7. The lowest BCUT2D eigenvalue weighted by molar-refractivity contribution is 0.370. The first-order chi connectivity index (χ1) is 14.3. The van der Waals surface area contributed by atoms with Crippen LogP contribution in [0.3, 0.4) is 0 Å². The van der Waals surface area contributed by atoms with E-state index in [1.807, 2.05) is 11.8 Å². The Morgan fingerprint density at radius 1 is 1.07 bits per heavy atom. The summed E-state index contributed by atoms with van der Waals surface area (Å²) in [6.07, 6.45) is 1.18. The molecule has 1 aliphatic rings. The van der Waals surface area contributed by atoms with E-state index in [2.05, 4.69) is 15.2 Å². The lowest BCUT2D eigenvalue weighted by Gasteiger charge is -2.37. The molecule has 0 saturated carbocycles. The van der Waals surface area contributed by atoms with Crippen molar-refractivity contribution in [1.29, 1.82) is 0 Å². The highest BCUT2D eigenvalue weighted by molar-refractivity contribution is 7.90. The van der Waals surface area contributed by atoms with Gasteiger partial charge in [0.1, 0.15) is 11.6 Å². The Hall–Kier alpha value is -2.68. The summed E-state index contributed by atoms with van der Waals surface area (Å²) in [5.41, 5.74) is 1.18. The second-order valence-corrected chi connectivity index (χ2v) is 9.17. The maximum atomic E-state index is 14.0. The van der Waals surface area contributed by atoms with Crippen molar-refractivity contribution in [3.8, 4) is 0 Å². The molecular formula is C21H26F2N4O2S. The summed E-state index contributed by atoms with van der Waals surface area (Å²) < 4.78 is 50.7. The zero-order valence-corrected chi connectivity index (χ0v) is 17.9. The van der Waals surface area contributed by atoms with Gasteiger partial charge in [0, 0.05) is 45.0 Å². The molecule has 0 bridgehead atoms. The van der Waals surface area contributed by atoms with E-state index in [-0.39, 0.29) is 10.6 Å². The van der Waals surface area contributed by atoms with Gasteiger partial charge in [-0.05, 0) is 36.8 Å².